The first-order chi connectivity index (χ1) is 7.98. The van der Waals surface area contributed by atoms with E-state index in [1.165, 1.54) is 0 Å². The number of hydrogen-bond acceptors (Lipinski definition) is 2. The Bertz CT molecular complexity index is 394. The predicted molar refractivity (Wildman–Crippen MR) is 78.7 cm³/mol. The standard InChI is InChI=1S/C13H19ClN2O.ClH/c1-13(2,12(17)16-8-7-15-3)10-5-4-6-11(14)9-10;/h4-6,9,15H,7-8H2,1-3H3,(H,16,17);1H. The van der Waals surface area contributed by atoms with Crippen molar-refractivity contribution in [2.75, 3.05) is 20.1 Å². The van der Waals surface area contributed by atoms with Crippen molar-refractivity contribution in [3.8, 4) is 0 Å². The van der Waals surface area contributed by atoms with E-state index in [0.29, 0.717) is 11.6 Å². The summed E-state index contributed by atoms with van der Waals surface area (Å²) in [5.41, 5.74) is 0.352. The van der Waals surface area contributed by atoms with E-state index in [0.717, 1.165) is 12.1 Å². The first-order valence-electron chi connectivity index (χ1n) is 5.67. The van der Waals surface area contributed by atoms with E-state index in [1.807, 2.05) is 39.1 Å². The molecular formula is C13H20Cl2N2O. The molecule has 0 heterocycles. The van der Waals surface area contributed by atoms with E-state index < -0.39 is 5.41 Å². The van der Waals surface area contributed by atoms with Crippen LogP contribution in [-0.2, 0) is 10.2 Å². The van der Waals surface area contributed by atoms with Crippen LogP contribution in [-0.4, -0.2) is 26.0 Å². The molecule has 5 heteroatoms. The lowest BCUT2D eigenvalue weighted by molar-refractivity contribution is -0.125. The Morgan fingerprint density at radius 2 is 2.00 bits per heavy atom. The third-order valence-corrected chi connectivity index (χ3v) is 3.01. The summed E-state index contributed by atoms with van der Waals surface area (Å²) in [6, 6.07) is 7.42. The molecule has 0 aromatic heterocycles. The molecule has 0 bridgehead atoms. The van der Waals surface area contributed by atoms with E-state index in [2.05, 4.69) is 10.6 Å². The van der Waals surface area contributed by atoms with Crippen LogP contribution in [0.25, 0.3) is 0 Å². The third kappa shape index (κ3) is 4.48. The highest BCUT2D eigenvalue weighted by Crippen LogP contribution is 2.25. The van der Waals surface area contributed by atoms with Gasteiger partial charge in [-0.25, -0.2) is 0 Å². The zero-order valence-corrected chi connectivity index (χ0v) is 12.5. The van der Waals surface area contributed by atoms with Crippen molar-refractivity contribution in [1.82, 2.24) is 10.6 Å². The topological polar surface area (TPSA) is 41.1 Å². The quantitative estimate of drug-likeness (QED) is 0.818. The maximum absolute atomic E-state index is 12.1. The maximum atomic E-state index is 12.1. The van der Waals surface area contributed by atoms with Crippen molar-refractivity contribution in [2.45, 2.75) is 19.3 Å². The molecule has 0 atom stereocenters. The molecule has 3 nitrogen and oxygen atoms in total. The second kappa shape index (κ2) is 7.62. The fraction of sp³-hybridized carbons (Fsp3) is 0.462. The maximum Gasteiger partial charge on any atom is 0.230 e. The molecule has 0 fully saturated rings. The van der Waals surface area contributed by atoms with Crippen LogP contribution in [0.4, 0.5) is 0 Å². The average molecular weight is 291 g/mol. The van der Waals surface area contributed by atoms with Gasteiger partial charge in [-0.1, -0.05) is 23.7 Å². The second-order valence-electron chi connectivity index (χ2n) is 4.49. The first-order valence-corrected chi connectivity index (χ1v) is 6.05. The van der Waals surface area contributed by atoms with Crippen LogP contribution >= 0.6 is 24.0 Å². The number of carbonyl (C=O) groups is 1. The van der Waals surface area contributed by atoms with Gasteiger partial charge in [0.15, 0.2) is 0 Å². The Morgan fingerprint density at radius 3 is 2.56 bits per heavy atom. The number of rotatable bonds is 5. The van der Waals surface area contributed by atoms with Crippen LogP contribution in [0.1, 0.15) is 19.4 Å². The van der Waals surface area contributed by atoms with Crippen LogP contribution < -0.4 is 10.6 Å². The van der Waals surface area contributed by atoms with Crippen LogP contribution in [0.15, 0.2) is 24.3 Å². The van der Waals surface area contributed by atoms with E-state index in [-0.39, 0.29) is 18.3 Å². The average Bonchev–Trinajstić information content (AvgIpc) is 2.29. The second-order valence-corrected chi connectivity index (χ2v) is 4.93. The summed E-state index contributed by atoms with van der Waals surface area (Å²) >= 11 is 5.94. The summed E-state index contributed by atoms with van der Waals surface area (Å²) in [6.07, 6.45) is 0. The summed E-state index contributed by atoms with van der Waals surface area (Å²) in [4.78, 5) is 12.1. The van der Waals surface area contributed by atoms with E-state index in [4.69, 9.17) is 11.6 Å². The largest absolute Gasteiger partial charge is 0.354 e. The Balaban J connectivity index is 0.00000289. The lowest BCUT2D eigenvalue weighted by Gasteiger charge is -2.24. The van der Waals surface area contributed by atoms with Gasteiger partial charge in [-0.2, -0.15) is 0 Å². The Kier molecular flexibility index (Phi) is 7.29. The molecular weight excluding hydrogens is 271 g/mol. The van der Waals surface area contributed by atoms with Gasteiger partial charge in [0.25, 0.3) is 0 Å². The van der Waals surface area contributed by atoms with Crippen molar-refractivity contribution in [1.29, 1.82) is 0 Å². The SMILES string of the molecule is CNCCNC(=O)C(C)(C)c1cccc(Cl)c1.Cl. The highest BCUT2D eigenvalue weighted by atomic mass is 35.5. The fourth-order valence-corrected chi connectivity index (χ4v) is 1.72. The monoisotopic (exact) mass is 290 g/mol. The van der Waals surface area contributed by atoms with Crippen LogP contribution in [0.5, 0.6) is 0 Å². The molecule has 1 rings (SSSR count). The molecule has 0 aliphatic carbocycles. The summed E-state index contributed by atoms with van der Waals surface area (Å²) < 4.78 is 0. The predicted octanol–water partition coefficient (Wildman–Crippen LogP) is 2.38. The Morgan fingerprint density at radius 1 is 1.33 bits per heavy atom. The van der Waals surface area contributed by atoms with E-state index in [1.54, 1.807) is 6.07 Å². The van der Waals surface area contributed by atoms with Crippen LogP contribution in [0, 0.1) is 0 Å². The van der Waals surface area contributed by atoms with Crippen molar-refractivity contribution < 1.29 is 4.79 Å². The minimum atomic E-state index is -0.571. The molecule has 0 aliphatic rings. The van der Waals surface area contributed by atoms with Gasteiger partial charge >= 0.3 is 0 Å². The minimum Gasteiger partial charge on any atom is -0.354 e. The van der Waals surface area contributed by atoms with Gasteiger partial charge in [-0.3, -0.25) is 4.79 Å². The molecule has 0 saturated carbocycles. The fourth-order valence-electron chi connectivity index (χ4n) is 1.53. The van der Waals surface area contributed by atoms with Gasteiger partial charge in [-0.05, 0) is 38.6 Å². The van der Waals surface area contributed by atoms with Gasteiger partial charge < -0.3 is 10.6 Å². The van der Waals surface area contributed by atoms with Crippen LogP contribution in [0.2, 0.25) is 5.02 Å². The van der Waals surface area contributed by atoms with Gasteiger partial charge in [0, 0.05) is 18.1 Å². The third-order valence-electron chi connectivity index (χ3n) is 2.77. The molecule has 1 amide bonds. The molecule has 2 N–H and O–H groups in total. The van der Waals surface area contributed by atoms with Gasteiger partial charge in [0.1, 0.15) is 0 Å². The number of carbonyl (C=O) groups excluding carboxylic acids is 1. The number of benzene rings is 1. The minimum absolute atomic E-state index is 0. The lowest BCUT2D eigenvalue weighted by Crippen LogP contribution is -2.42. The van der Waals surface area contributed by atoms with Crippen molar-refractivity contribution >= 4 is 29.9 Å². The molecule has 1 aromatic carbocycles. The highest BCUT2D eigenvalue weighted by molar-refractivity contribution is 6.30. The Hall–Kier alpha value is -0.770. The first kappa shape index (κ1) is 17.2. The smallest absolute Gasteiger partial charge is 0.230 e. The van der Waals surface area contributed by atoms with Crippen molar-refractivity contribution in [3.63, 3.8) is 0 Å². The number of likely N-dealkylation sites (N-methyl/N-ethyl adjacent to an activating group) is 1. The lowest BCUT2D eigenvalue weighted by atomic mass is 9.84. The molecule has 1 aromatic rings. The van der Waals surface area contributed by atoms with E-state index in [9.17, 15) is 4.79 Å². The van der Waals surface area contributed by atoms with Crippen molar-refractivity contribution in [2.24, 2.45) is 0 Å². The van der Waals surface area contributed by atoms with E-state index >= 15 is 0 Å². The summed E-state index contributed by atoms with van der Waals surface area (Å²) in [5, 5.41) is 6.54. The van der Waals surface area contributed by atoms with Gasteiger partial charge in [0.2, 0.25) is 5.91 Å². The summed E-state index contributed by atoms with van der Waals surface area (Å²) in [7, 11) is 1.86. The molecule has 0 radical (unpaired) electrons. The van der Waals surface area contributed by atoms with Gasteiger partial charge in [0.05, 0.1) is 5.41 Å². The molecule has 0 aliphatic heterocycles. The highest BCUT2D eigenvalue weighted by Gasteiger charge is 2.29. The summed E-state index contributed by atoms with van der Waals surface area (Å²) in [6.45, 7) is 5.18. The molecule has 102 valence electrons. The molecule has 18 heavy (non-hydrogen) atoms. The van der Waals surface area contributed by atoms with Crippen LogP contribution in [0.3, 0.4) is 0 Å². The van der Waals surface area contributed by atoms with Gasteiger partial charge in [-0.15, -0.1) is 12.4 Å². The number of nitrogens with one attached hydrogen (secondary N) is 2. The molecule has 0 spiro atoms. The Labute approximate surface area is 120 Å². The zero-order chi connectivity index (χ0) is 12.9. The molecule has 0 saturated heterocycles. The van der Waals surface area contributed by atoms with Crippen molar-refractivity contribution in [3.05, 3.63) is 34.9 Å². The number of hydrogen-bond donors (Lipinski definition) is 2. The number of amides is 1. The molecule has 0 unspecified atom stereocenters. The number of halogens is 2. The zero-order valence-electron chi connectivity index (χ0n) is 10.9. The normalized spacial score (nSPS) is 10.7. The summed E-state index contributed by atoms with van der Waals surface area (Å²) in [5.74, 6) is 0.00927.